The van der Waals surface area contributed by atoms with Gasteiger partial charge >= 0.3 is 5.97 Å². The lowest BCUT2D eigenvalue weighted by atomic mass is 9.86. The number of nitrogens with zero attached hydrogens (tertiary/aromatic N) is 3. The highest BCUT2D eigenvalue weighted by atomic mass is 79.9. The molecule has 8 heteroatoms. The van der Waals surface area contributed by atoms with E-state index in [4.69, 9.17) is 9.72 Å². The molecule has 0 aliphatic heterocycles. The molecule has 192 valence electrons. The van der Waals surface area contributed by atoms with Gasteiger partial charge in [-0.05, 0) is 108 Å². The summed E-state index contributed by atoms with van der Waals surface area (Å²) in [7, 11) is 1.92. The molecule has 2 aliphatic rings. The van der Waals surface area contributed by atoms with Gasteiger partial charge < -0.3 is 10.1 Å². The Kier molecular flexibility index (Phi) is 6.52. The number of halogens is 1. The molecule has 2 fully saturated rings. The van der Waals surface area contributed by atoms with E-state index >= 15 is 0 Å². The van der Waals surface area contributed by atoms with Gasteiger partial charge in [0.15, 0.2) is 5.52 Å². The van der Waals surface area contributed by atoms with Crippen LogP contribution in [0, 0.1) is 12.8 Å². The maximum Gasteiger partial charge on any atom is 0.309 e. The molecule has 1 aromatic carbocycles. The number of ether oxygens (including phenoxy) is 1. The molecule has 1 N–H and O–H groups in total. The first-order valence-electron chi connectivity index (χ1n) is 12.9. The number of nitrogens with one attached hydrogen (secondary N) is 1. The molecule has 0 saturated heterocycles. The first kappa shape index (κ1) is 25.1. The Balaban J connectivity index is 1.38. The third kappa shape index (κ3) is 4.97. The summed E-state index contributed by atoms with van der Waals surface area (Å²) < 4.78 is 10.4. The van der Waals surface area contributed by atoms with Gasteiger partial charge in [-0.25, -0.2) is 9.67 Å². The number of pyridine rings is 1. The zero-order chi connectivity index (χ0) is 25.8. The van der Waals surface area contributed by atoms with Crippen molar-refractivity contribution < 1.29 is 9.53 Å². The van der Waals surface area contributed by atoms with E-state index in [2.05, 4.69) is 40.3 Å². The smallest absolute Gasteiger partial charge is 0.309 e. The van der Waals surface area contributed by atoms with E-state index in [0.29, 0.717) is 17.3 Å². The highest BCUT2D eigenvalue weighted by Gasteiger charge is 2.32. The number of carbonyl (C=O) groups excluding carboxylic acids is 1. The molecule has 2 aliphatic carbocycles. The van der Waals surface area contributed by atoms with Crippen LogP contribution in [0.2, 0.25) is 0 Å². The van der Waals surface area contributed by atoms with Crippen LogP contribution in [0.4, 0.5) is 11.5 Å². The third-order valence-corrected chi connectivity index (χ3v) is 8.20. The van der Waals surface area contributed by atoms with E-state index in [1.54, 1.807) is 0 Å². The van der Waals surface area contributed by atoms with Crippen LogP contribution < -0.4 is 10.9 Å². The zero-order valence-corrected chi connectivity index (χ0v) is 23.3. The van der Waals surface area contributed by atoms with Gasteiger partial charge in [0.05, 0.1) is 17.5 Å². The van der Waals surface area contributed by atoms with Gasteiger partial charge in [0, 0.05) is 17.2 Å². The minimum absolute atomic E-state index is 0.0439. The molecule has 3 aromatic rings. The van der Waals surface area contributed by atoms with Gasteiger partial charge in [0.1, 0.15) is 11.4 Å². The van der Waals surface area contributed by atoms with Crippen LogP contribution in [0.25, 0.3) is 11.0 Å². The lowest BCUT2D eigenvalue weighted by Crippen LogP contribution is -2.34. The molecule has 2 saturated carbocycles. The molecule has 0 radical (unpaired) electrons. The molecule has 2 heterocycles. The standard InChI is InChI=1S/C28H35BrN4O3/c1-16-14-22(20(15-21(16)29)17-6-7-17)30-24-13-12-23-25(31-24)26(34)33(32(23)5)19-10-8-18(9-11-19)27(35)36-28(2,3)4/h12-15,17-19H,6-11H2,1-5H3,(H,30,31). The van der Waals surface area contributed by atoms with E-state index in [1.165, 1.54) is 18.4 Å². The van der Waals surface area contributed by atoms with Crippen molar-refractivity contribution in [3.63, 3.8) is 0 Å². The molecular weight excluding hydrogens is 520 g/mol. The van der Waals surface area contributed by atoms with E-state index in [9.17, 15) is 9.59 Å². The Morgan fingerprint density at radius 1 is 1.11 bits per heavy atom. The molecule has 36 heavy (non-hydrogen) atoms. The van der Waals surface area contributed by atoms with Crippen LogP contribution in [0.5, 0.6) is 0 Å². The molecular formula is C28H35BrN4O3. The van der Waals surface area contributed by atoms with Crippen LogP contribution in [-0.4, -0.2) is 25.9 Å². The Morgan fingerprint density at radius 2 is 1.81 bits per heavy atom. The second-order valence-electron chi connectivity index (χ2n) is 11.4. The quantitative estimate of drug-likeness (QED) is 0.364. The average Bonchev–Trinajstić information content (AvgIpc) is 3.62. The van der Waals surface area contributed by atoms with Crippen LogP contribution in [0.3, 0.4) is 0 Å². The van der Waals surface area contributed by atoms with Crippen LogP contribution in [0.15, 0.2) is 33.5 Å². The maximum atomic E-state index is 13.5. The Labute approximate surface area is 220 Å². The largest absolute Gasteiger partial charge is 0.460 e. The topological polar surface area (TPSA) is 78.2 Å². The second kappa shape index (κ2) is 9.36. The zero-order valence-electron chi connectivity index (χ0n) is 21.7. The molecule has 0 spiro atoms. The molecule has 0 amide bonds. The van der Waals surface area contributed by atoms with Crippen molar-refractivity contribution in [1.29, 1.82) is 0 Å². The summed E-state index contributed by atoms with van der Waals surface area (Å²) in [4.78, 5) is 30.8. The molecule has 2 aromatic heterocycles. The number of aryl methyl sites for hydroxylation is 2. The van der Waals surface area contributed by atoms with Crippen molar-refractivity contribution in [2.24, 2.45) is 13.0 Å². The van der Waals surface area contributed by atoms with E-state index in [0.717, 1.165) is 46.9 Å². The summed E-state index contributed by atoms with van der Waals surface area (Å²) >= 11 is 3.66. The van der Waals surface area contributed by atoms with Gasteiger partial charge in [0.25, 0.3) is 5.56 Å². The van der Waals surface area contributed by atoms with Gasteiger partial charge in [-0.3, -0.25) is 14.3 Å². The van der Waals surface area contributed by atoms with Crippen LogP contribution in [-0.2, 0) is 16.6 Å². The van der Waals surface area contributed by atoms with Crippen molar-refractivity contribution in [2.45, 2.75) is 83.8 Å². The van der Waals surface area contributed by atoms with Crippen molar-refractivity contribution in [3.8, 4) is 0 Å². The van der Waals surface area contributed by atoms with Gasteiger partial charge in [-0.1, -0.05) is 15.9 Å². The fourth-order valence-corrected chi connectivity index (χ4v) is 5.69. The predicted octanol–water partition coefficient (Wildman–Crippen LogP) is 6.50. The number of benzene rings is 1. The lowest BCUT2D eigenvalue weighted by Gasteiger charge is -2.30. The number of aromatic nitrogens is 3. The minimum atomic E-state index is -0.480. The Morgan fingerprint density at radius 3 is 2.44 bits per heavy atom. The third-order valence-electron chi connectivity index (χ3n) is 7.35. The maximum absolute atomic E-state index is 13.5. The summed E-state index contributed by atoms with van der Waals surface area (Å²) in [6.45, 7) is 7.76. The van der Waals surface area contributed by atoms with Crippen molar-refractivity contribution in [3.05, 3.63) is 50.2 Å². The Bertz CT molecular complexity index is 1370. The number of fused-ring (bicyclic) bond motifs is 1. The average molecular weight is 556 g/mol. The molecule has 7 nitrogen and oxygen atoms in total. The SMILES string of the molecule is Cc1cc(Nc2ccc3c(n2)c(=O)n(C2CCC(C(=O)OC(C)(C)C)CC2)n3C)c(C2CC2)cc1Br. The monoisotopic (exact) mass is 554 g/mol. The lowest BCUT2D eigenvalue weighted by molar-refractivity contribution is -0.161. The number of rotatable bonds is 5. The summed E-state index contributed by atoms with van der Waals surface area (Å²) in [6, 6.07) is 8.31. The molecule has 5 rings (SSSR count). The van der Waals surface area contributed by atoms with Gasteiger partial charge in [-0.2, -0.15) is 0 Å². The number of carbonyl (C=O) groups is 1. The normalized spacial score (nSPS) is 20.5. The summed E-state index contributed by atoms with van der Waals surface area (Å²) in [5.74, 6) is 1.03. The van der Waals surface area contributed by atoms with Gasteiger partial charge in [0.2, 0.25) is 0 Å². The summed E-state index contributed by atoms with van der Waals surface area (Å²) in [5, 5.41) is 3.49. The van der Waals surface area contributed by atoms with Crippen molar-refractivity contribution in [2.75, 3.05) is 5.32 Å². The highest BCUT2D eigenvalue weighted by molar-refractivity contribution is 9.10. The van der Waals surface area contributed by atoms with Crippen molar-refractivity contribution in [1.82, 2.24) is 14.3 Å². The minimum Gasteiger partial charge on any atom is -0.460 e. The van der Waals surface area contributed by atoms with Crippen LogP contribution in [0.1, 0.15) is 82.4 Å². The van der Waals surface area contributed by atoms with Crippen LogP contribution >= 0.6 is 15.9 Å². The van der Waals surface area contributed by atoms with E-state index < -0.39 is 5.60 Å². The van der Waals surface area contributed by atoms with Crippen molar-refractivity contribution >= 4 is 44.4 Å². The Hall–Kier alpha value is -2.61. The van der Waals surface area contributed by atoms with E-state index in [-0.39, 0.29) is 23.5 Å². The molecule has 0 unspecified atom stereocenters. The summed E-state index contributed by atoms with van der Waals surface area (Å²) in [5.41, 5.74) is 4.24. The second-order valence-corrected chi connectivity index (χ2v) is 12.2. The molecule has 0 bridgehead atoms. The number of hydrogen-bond acceptors (Lipinski definition) is 5. The summed E-state index contributed by atoms with van der Waals surface area (Å²) in [6.07, 6.45) is 5.39. The predicted molar refractivity (Wildman–Crippen MR) is 146 cm³/mol. The van der Waals surface area contributed by atoms with E-state index in [1.807, 2.05) is 49.3 Å². The number of anilines is 2. The fraction of sp³-hybridized carbons (Fsp3) is 0.536. The number of hydrogen-bond donors (Lipinski definition) is 1. The highest BCUT2D eigenvalue weighted by Crippen LogP contribution is 2.45. The van der Waals surface area contributed by atoms with Gasteiger partial charge in [-0.15, -0.1) is 0 Å². The fourth-order valence-electron chi connectivity index (χ4n) is 5.33. The number of esters is 1. The molecule has 0 atom stereocenters. The first-order valence-corrected chi connectivity index (χ1v) is 13.7. The first-order chi connectivity index (χ1) is 17.0.